The number of fused-ring (bicyclic) bond motifs is 1. The van der Waals surface area contributed by atoms with Gasteiger partial charge in [-0.3, -0.25) is 9.78 Å². The Hall–Kier alpha value is -4.18. The van der Waals surface area contributed by atoms with Gasteiger partial charge < -0.3 is 30.9 Å². The molecule has 0 spiro atoms. The van der Waals surface area contributed by atoms with E-state index >= 15 is 0 Å². The summed E-state index contributed by atoms with van der Waals surface area (Å²) in [6.45, 7) is 3.61. The molecule has 10 nitrogen and oxygen atoms in total. The van der Waals surface area contributed by atoms with Gasteiger partial charge in [0.15, 0.2) is 0 Å². The van der Waals surface area contributed by atoms with Gasteiger partial charge in [0, 0.05) is 50.7 Å². The highest BCUT2D eigenvalue weighted by Crippen LogP contribution is 2.40. The van der Waals surface area contributed by atoms with Gasteiger partial charge in [-0.05, 0) is 60.7 Å². The second-order valence-corrected chi connectivity index (χ2v) is 10.3. The fraction of sp³-hybridized carbons (Fsp3) is 0.379. The maximum Gasteiger partial charge on any atom is 0.321 e. The Morgan fingerprint density at radius 2 is 1.82 bits per heavy atom. The molecule has 204 valence electrons. The number of urea groups is 1. The molecule has 3 amide bonds. The number of aliphatic hydroxyl groups excluding tert-OH is 1. The monoisotopic (exact) mass is 529 g/mol. The zero-order chi connectivity index (χ0) is 27.5. The number of hydrogen-bond donors (Lipinski definition) is 4. The minimum atomic E-state index is -0.377. The summed E-state index contributed by atoms with van der Waals surface area (Å²) in [5.74, 6) is 0.380. The van der Waals surface area contributed by atoms with E-state index in [2.05, 4.69) is 37.7 Å². The molecule has 2 aliphatic rings. The fourth-order valence-corrected chi connectivity index (χ4v) is 5.16. The first kappa shape index (κ1) is 26.4. The van der Waals surface area contributed by atoms with Crippen LogP contribution in [0.25, 0.3) is 11.1 Å². The number of aromatic nitrogens is 2. The van der Waals surface area contributed by atoms with Gasteiger partial charge in [-0.2, -0.15) is 0 Å². The Bertz CT molecular complexity index is 1340. The first-order chi connectivity index (χ1) is 18.8. The molecular formula is C29H35N7O3. The van der Waals surface area contributed by atoms with Crippen LogP contribution in [0.5, 0.6) is 0 Å². The van der Waals surface area contributed by atoms with Crippen LogP contribution in [0.15, 0.2) is 55.0 Å². The number of amides is 3. The van der Waals surface area contributed by atoms with E-state index in [0.717, 1.165) is 60.5 Å². The average Bonchev–Trinajstić information content (AvgIpc) is 3.32. The third kappa shape index (κ3) is 5.80. The number of anilines is 4. The third-order valence-corrected chi connectivity index (χ3v) is 7.39. The average molecular weight is 530 g/mol. The lowest BCUT2D eigenvalue weighted by atomic mass is 9.90. The molecule has 5 rings (SSSR count). The van der Waals surface area contributed by atoms with E-state index in [9.17, 15) is 14.7 Å². The smallest absolute Gasteiger partial charge is 0.321 e. The Morgan fingerprint density at radius 1 is 1.03 bits per heavy atom. The molecule has 4 heterocycles. The normalized spacial score (nSPS) is 18.7. The quantitative estimate of drug-likeness (QED) is 0.379. The lowest BCUT2D eigenvalue weighted by Crippen LogP contribution is -2.36. The molecular weight excluding hydrogens is 494 g/mol. The second kappa shape index (κ2) is 11.3. The first-order valence-electron chi connectivity index (χ1n) is 13.4. The first-order valence-corrected chi connectivity index (χ1v) is 13.4. The molecule has 10 heteroatoms. The summed E-state index contributed by atoms with van der Waals surface area (Å²) in [7, 11) is 3.36. The molecule has 0 radical (unpaired) electrons. The molecule has 1 aromatic carbocycles. The summed E-state index contributed by atoms with van der Waals surface area (Å²) in [5, 5.41) is 19.2. The van der Waals surface area contributed by atoms with Gasteiger partial charge >= 0.3 is 6.03 Å². The molecule has 0 saturated carbocycles. The van der Waals surface area contributed by atoms with E-state index in [1.807, 2.05) is 36.4 Å². The van der Waals surface area contributed by atoms with Gasteiger partial charge in [0.1, 0.15) is 5.82 Å². The van der Waals surface area contributed by atoms with E-state index in [1.54, 1.807) is 32.7 Å². The van der Waals surface area contributed by atoms with Gasteiger partial charge in [-0.25, -0.2) is 9.78 Å². The number of nitrogens with zero attached hydrogens (tertiary/aromatic N) is 4. The predicted octanol–water partition coefficient (Wildman–Crippen LogP) is 4.12. The lowest BCUT2D eigenvalue weighted by molar-refractivity contribution is -0.117. The van der Waals surface area contributed by atoms with Crippen LogP contribution < -0.4 is 20.9 Å². The highest BCUT2D eigenvalue weighted by molar-refractivity contribution is 5.99. The van der Waals surface area contributed by atoms with Crippen molar-refractivity contribution < 1.29 is 14.7 Å². The Balaban J connectivity index is 1.34. The molecule has 2 aromatic heterocycles. The topological polar surface area (TPSA) is 123 Å². The highest BCUT2D eigenvalue weighted by Gasteiger charge is 2.36. The predicted molar refractivity (Wildman–Crippen MR) is 153 cm³/mol. The maximum absolute atomic E-state index is 13.6. The molecule has 4 N–H and O–H groups in total. The molecule has 2 unspecified atom stereocenters. The van der Waals surface area contributed by atoms with Crippen molar-refractivity contribution in [1.82, 2.24) is 14.9 Å². The summed E-state index contributed by atoms with van der Waals surface area (Å²) in [6.07, 6.45) is 7.07. The highest BCUT2D eigenvalue weighted by atomic mass is 16.3. The molecule has 0 bridgehead atoms. The van der Waals surface area contributed by atoms with Crippen LogP contribution in [0.1, 0.15) is 37.7 Å². The summed E-state index contributed by atoms with van der Waals surface area (Å²) in [5.41, 5.74) is 4.87. The van der Waals surface area contributed by atoms with Crippen LogP contribution in [-0.4, -0.2) is 71.2 Å². The van der Waals surface area contributed by atoms with Crippen molar-refractivity contribution in [1.29, 1.82) is 0 Å². The van der Waals surface area contributed by atoms with E-state index in [0.29, 0.717) is 11.4 Å². The van der Waals surface area contributed by atoms with Crippen molar-refractivity contribution in [3.63, 3.8) is 0 Å². The van der Waals surface area contributed by atoms with Crippen molar-refractivity contribution in [3.05, 3.63) is 60.6 Å². The van der Waals surface area contributed by atoms with Crippen molar-refractivity contribution in [3.8, 4) is 11.1 Å². The van der Waals surface area contributed by atoms with Crippen molar-refractivity contribution in [2.75, 3.05) is 48.0 Å². The van der Waals surface area contributed by atoms with Crippen LogP contribution in [0, 0.1) is 0 Å². The van der Waals surface area contributed by atoms with Gasteiger partial charge in [-0.15, -0.1) is 0 Å². The van der Waals surface area contributed by atoms with E-state index in [4.69, 9.17) is 0 Å². The molecule has 3 aromatic rings. The number of piperidine rings is 1. The van der Waals surface area contributed by atoms with Gasteiger partial charge in [0.05, 0.1) is 35.8 Å². The lowest BCUT2D eigenvalue weighted by Gasteiger charge is -2.30. The largest absolute Gasteiger partial charge is 0.393 e. The summed E-state index contributed by atoms with van der Waals surface area (Å²) in [6, 6.07) is 11.4. The number of nitrogens with one attached hydrogen (secondary N) is 3. The van der Waals surface area contributed by atoms with Gasteiger partial charge in [-0.1, -0.05) is 13.0 Å². The molecule has 1 saturated heterocycles. The van der Waals surface area contributed by atoms with Crippen LogP contribution in [0.4, 0.5) is 27.7 Å². The van der Waals surface area contributed by atoms with E-state index in [-0.39, 0.29) is 30.0 Å². The number of rotatable bonds is 6. The number of aliphatic hydroxyl groups is 1. The van der Waals surface area contributed by atoms with Crippen LogP contribution in [0.2, 0.25) is 0 Å². The fourth-order valence-electron chi connectivity index (χ4n) is 5.16. The summed E-state index contributed by atoms with van der Waals surface area (Å²) < 4.78 is 0. The standard InChI is InChI=1S/C29H35N7O3/c1-4-24-27(28(38)32-20-6-8-26(31-17-20)36-11-9-22(37)10-12-36)23-14-18(5-7-25(23)34-24)19-13-21(16-30-15-19)33-29(39)35(2)3/h5-8,13-17,22,24,27,34,37H,4,9-12H2,1-3H3,(H,32,38)(H,33,39). The molecule has 0 aliphatic carbocycles. The third-order valence-electron chi connectivity index (χ3n) is 7.39. The zero-order valence-electron chi connectivity index (χ0n) is 22.5. The van der Waals surface area contributed by atoms with Crippen LogP contribution in [-0.2, 0) is 4.79 Å². The van der Waals surface area contributed by atoms with Crippen molar-refractivity contribution >= 4 is 34.8 Å². The Morgan fingerprint density at radius 3 is 2.51 bits per heavy atom. The number of carbonyl (C=O) groups is 2. The zero-order valence-corrected chi connectivity index (χ0v) is 22.5. The number of hydrogen-bond acceptors (Lipinski definition) is 7. The van der Waals surface area contributed by atoms with Crippen molar-refractivity contribution in [2.45, 2.75) is 44.2 Å². The summed E-state index contributed by atoms with van der Waals surface area (Å²) in [4.78, 5) is 38.1. The molecule has 2 aliphatic heterocycles. The molecule has 1 fully saturated rings. The minimum absolute atomic E-state index is 0.0360. The van der Waals surface area contributed by atoms with E-state index in [1.165, 1.54) is 4.90 Å². The Kier molecular flexibility index (Phi) is 7.65. The van der Waals surface area contributed by atoms with E-state index < -0.39 is 0 Å². The van der Waals surface area contributed by atoms with Gasteiger partial charge in [0.25, 0.3) is 0 Å². The SMILES string of the molecule is CCC1Nc2ccc(-c3cncc(NC(=O)N(C)C)c3)cc2C1C(=O)Nc1ccc(N2CCC(O)CC2)nc1. The van der Waals surface area contributed by atoms with Crippen LogP contribution >= 0.6 is 0 Å². The van der Waals surface area contributed by atoms with Crippen molar-refractivity contribution in [2.24, 2.45) is 0 Å². The Labute approximate surface area is 228 Å². The summed E-state index contributed by atoms with van der Waals surface area (Å²) >= 11 is 0. The number of pyridine rings is 2. The number of carbonyl (C=O) groups excluding carboxylic acids is 2. The van der Waals surface area contributed by atoms with Gasteiger partial charge in [0.2, 0.25) is 5.91 Å². The molecule has 2 atom stereocenters. The maximum atomic E-state index is 13.6. The van der Waals surface area contributed by atoms with Crippen LogP contribution in [0.3, 0.4) is 0 Å². The minimum Gasteiger partial charge on any atom is -0.393 e. The second-order valence-electron chi connectivity index (χ2n) is 10.3. The molecule has 39 heavy (non-hydrogen) atoms. The number of benzene rings is 1.